The third-order valence-corrected chi connectivity index (χ3v) is 8.08. The Labute approximate surface area is 261 Å². The smallest absolute Gasteiger partial charge is 0.339 e. The molecule has 0 saturated heterocycles. The number of nitrogens with zero attached hydrogens (tertiary/aromatic N) is 2. The Morgan fingerprint density at radius 2 is 1.70 bits per heavy atom. The fraction of sp³-hybridized carbons (Fsp3) is 0.250. The first-order valence-corrected chi connectivity index (χ1v) is 15.1. The zero-order valence-electron chi connectivity index (χ0n) is 25.4. The third kappa shape index (κ3) is 6.73. The molecule has 0 saturated carbocycles. The maximum absolute atomic E-state index is 13.2. The van der Waals surface area contributed by atoms with E-state index in [1.165, 1.54) is 0 Å². The lowest BCUT2D eigenvalue weighted by molar-refractivity contribution is 0.00703. The summed E-state index contributed by atoms with van der Waals surface area (Å²) < 4.78 is 8.66. The zero-order chi connectivity index (χ0) is 30.9. The lowest BCUT2D eigenvalue weighted by Gasteiger charge is -2.20. The van der Waals surface area contributed by atoms with E-state index in [9.17, 15) is 9.59 Å². The van der Waals surface area contributed by atoms with E-state index < -0.39 is 5.60 Å². The van der Waals surface area contributed by atoms with E-state index >= 15 is 0 Å². The normalized spacial score (nSPS) is 12.3. The van der Waals surface area contributed by atoms with Gasteiger partial charge < -0.3 is 14.6 Å². The minimum Gasteiger partial charge on any atom is -0.456 e. The van der Waals surface area contributed by atoms with Gasteiger partial charge in [-0.15, -0.1) is 0 Å². The molecule has 5 rings (SSSR count). The Morgan fingerprint density at radius 1 is 0.977 bits per heavy atom. The Kier molecular flexibility index (Phi) is 8.56. The summed E-state index contributed by atoms with van der Waals surface area (Å²) in [5.41, 5.74) is 7.92. The molecule has 0 aliphatic carbocycles. The summed E-state index contributed by atoms with van der Waals surface area (Å²) in [6.07, 6.45) is 1.72. The van der Waals surface area contributed by atoms with Crippen LogP contribution in [-0.4, -0.2) is 27.0 Å². The second kappa shape index (κ2) is 12.2. The van der Waals surface area contributed by atoms with Gasteiger partial charge in [0.15, 0.2) is 0 Å². The van der Waals surface area contributed by atoms with Crippen molar-refractivity contribution in [3.05, 3.63) is 123 Å². The van der Waals surface area contributed by atoms with Gasteiger partial charge in [-0.2, -0.15) is 0 Å². The molecule has 7 heteroatoms. The molecule has 0 bridgehead atoms. The van der Waals surface area contributed by atoms with Gasteiger partial charge in [0.05, 0.1) is 11.6 Å². The minimum absolute atomic E-state index is 0.116. The summed E-state index contributed by atoms with van der Waals surface area (Å²) in [7, 11) is 0. The fourth-order valence-corrected chi connectivity index (χ4v) is 5.65. The molecule has 220 valence electrons. The largest absolute Gasteiger partial charge is 0.456 e. The van der Waals surface area contributed by atoms with Gasteiger partial charge in [-0.1, -0.05) is 42.5 Å². The van der Waals surface area contributed by atoms with Crippen molar-refractivity contribution in [3.8, 4) is 11.1 Å². The monoisotopic (exact) mass is 637 g/mol. The molecule has 0 radical (unpaired) electrons. The van der Waals surface area contributed by atoms with Crippen LogP contribution in [-0.2, 0) is 11.3 Å². The number of fused-ring (bicyclic) bond motifs is 1. The third-order valence-electron chi connectivity index (χ3n) is 7.65. The number of aromatic nitrogens is 2. The maximum atomic E-state index is 13.2. The van der Waals surface area contributed by atoms with Crippen LogP contribution in [0.15, 0.2) is 89.7 Å². The Balaban J connectivity index is 1.37. The Hall–Kier alpha value is -4.23. The van der Waals surface area contributed by atoms with Crippen LogP contribution in [0.25, 0.3) is 22.0 Å². The first kappa shape index (κ1) is 30.2. The molecule has 1 N–H and O–H groups in total. The molecule has 2 aromatic heterocycles. The van der Waals surface area contributed by atoms with Gasteiger partial charge >= 0.3 is 5.97 Å². The number of hydrogen-bond donors (Lipinski definition) is 1. The van der Waals surface area contributed by atoms with Gasteiger partial charge in [0.1, 0.15) is 10.2 Å². The first-order chi connectivity index (χ1) is 20.4. The molecule has 0 spiro atoms. The van der Waals surface area contributed by atoms with Gasteiger partial charge in [-0.3, -0.25) is 4.79 Å². The summed E-state index contributed by atoms with van der Waals surface area (Å²) in [6, 6.07) is 25.4. The number of amides is 1. The van der Waals surface area contributed by atoms with E-state index in [0.29, 0.717) is 17.7 Å². The number of aryl methyl sites for hydroxylation is 1. The second-order valence-corrected chi connectivity index (χ2v) is 12.7. The highest BCUT2D eigenvalue weighted by atomic mass is 79.9. The SMILES string of the molecule is Cc1c(C)n(Cc2ccc(-c3ccccc3C(=O)OC(C)(C)C)cc2)c2ccc(C(=O)N[C@H](C)c3ccnc(Br)c3)cc12. The number of pyridine rings is 1. The molecule has 2 heterocycles. The van der Waals surface area contributed by atoms with Crippen molar-refractivity contribution in [3.63, 3.8) is 0 Å². The van der Waals surface area contributed by atoms with Gasteiger partial charge in [0, 0.05) is 34.9 Å². The lowest BCUT2D eigenvalue weighted by Crippen LogP contribution is -2.26. The van der Waals surface area contributed by atoms with Crippen LogP contribution in [0.2, 0.25) is 0 Å². The summed E-state index contributed by atoms with van der Waals surface area (Å²) in [5, 5.41) is 4.16. The number of hydrogen-bond acceptors (Lipinski definition) is 4. The number of nitrogens with one attached hydrogen (secondary N) is 1. The van der Waals surface area contributed by atoms with E-state index in [1.807, 2.05) is 82.3 Å². The van der Waals surface area contributed by atoms with E-state index in [-0.39, 0.29) is 17.9 Å². The maximum Gasteiger partial charge on any atom is 0.339 e. The lowest BCUT2D eigenvalue weighted by atomic mass is 9.98. The summed E-state index contributed by atoms with van der Waals surface area (Å²) in [6.45, 7) is 12.5. The van der Waals surface area contributed by atoms with E-state index in [0.717, 1.165) is 49.0 Å². The van der Waals surface area contributed by atoms with Crippen molar-refractivity contribution < 1.29 is 14.3 Å². The van der Waals surface area contributed by atoms with Crippen LogP contribution in [0.3, 0.4) is 0 Å². The Bertz CT molecular complexity index is 1820. The molecule has 0 unspecified atom stereocenters. The van der Waals surface area contributed by atoms with Crippen LogP contribution in [0.4, 0.5) is 0 Å². The predicted molar refractivity (Wildman–Crippen MR) is 175 cm³/mol. The highest BCUT2D eigenvalue weighted by Gasteiger charge is 2.21. The van der Waals surface area contributed by atoms with Crippen molar-refractivity contribution >= 4 is 38.7 Å². The van der Waals surface area contributed by atoms with Crippen molar-refractivity contribution in [2.75, 3.05) is 0 Å². The molecular formula is C36H36BrN3O3. The van der Waals surface area contributed by atoms with E-state index in [4.69, 9.17) is 4.74 Å². The van der Waals surface area contributed by atoms with E-state index in [1.54, 1.807) is 6.20 Å². The molecule has 0 aliphatic rings. The van der Waals surface area contributed by atoms with Crippen LogP contribution in [0.5, 0.6) is 0 Å². The van der Waals surface area contributed by atoms with Gasteiger partial charge in [0.2, 0.25) is 0 Å². The average Bonchev–Trinajstić information content (AvgIpc) is 3.21. The first-order valence-electron chi connectivity index (χ1n) is 14.3. The molecule has 5 aromatic rings. The van der Waals surface area contributed by atoms with Crippen molar-refractivity contribution in [2.45, 2.75) is 59.7 Å². The molecule has 1 amide bonds. The predicted octanol–water partition coefficient (Wildman–Crippen LogP) is 8.58. The number of benzene rings is 3. The standard InChI is InChI=1S/C36H36BrN3O3/c1-22-24(3)40(32-16-15-28(19-31(22)32)34(41)39-23(2)27-17-18-38-33(37)20-27)21-25-11-13-26(14-12-25)29-9-7-8-10-30(29)35(42)43-36(4,5)6/h7-20,23H,21H2,1-6H3,(H,39,41)/t23-/m1/s1. The number of halogens is 1. The molecule has 43 heavy (non-hydrogen) atoms. The number of rotatable bonds is 7. The Morgan fingerprint density at radius 3 is 2.40 bits per heavy atom. The number of carbonyl (C=O) groups is 2. The fourth-order valence-electron chi connectivity index (χ4n) is 5.26. The van der Waals surface area contributed by atoms with Crippen molar-refractivity contribution in [1.82, 2.24) is 14.9 Å². The van der Waals surface area contributed by atoms with Crippen LogP contribution in [0, 0.1) is 13.8 Å². The average molecular weight is 639 g/mol. The summed E-state index contributed by atoms with van der Waals surface area (Å²) >= 11 is 3.40. The highest BCUT2D eigenvalue weighted by molar-refractivity contribution is 9.10. The summed E-state index contributed by atoms with van der Waals surface area (Å²) in [4.78, 5) is 30.2. The minimum atomic E-state index is -0.565. The van der Waals surface area contributed by atoms with Crippen molar-refractivity contribution in [2.24, 2.45) is 0 Å². The molecule has 0 aliphatic heterocycles. The van der Waals surface area contributed by atoms with Gasteiger partial charge in [-0.25, -0.2) is 9.78 Å². The number of carbonyl (C=O) groups excluding carboxylic acids is 2. The number of esters is 1. The second-order valence-electron chi connectivity index (χ2n) is 11.9. The highest BCUT2D eigenvalue weighted by Crippen LogP contribution is 2.30. The zero-order valence-corrected chi connectivity index (χ0v) is 27.0. The van der Waals surface area contributed by atoms with Crippen LogP contribution >= 0.6 is 15.9 Å². The molecule has 6 nitrogen and oxygen atoms in total. The topological polar surface area (TPSA) is 73.2 Å². The molecule has 3 aromatic carbocycles. The van der Waals surface area contributed by atoms with Crippen LogP contribution < -0.4 is 5.32 Å². The van der Waals surface area contributed by atoms with E-state index in [2.05, 4.69) is 68.9 Å². The van der Waals surface area contributed by atoms with Crippen molar-refractivity contribution in [1.29, 1.82) is 0 Å². The molecule has 0 fully saturated rings. The van der Waals surface area contributed by atoms with Gasteiger partial charge in [-0.05, 0) is 122 Å². The number of ether oxygens (including phenoxy) is 1. The summed E-state index contributed by atoms with van der Waals surface area (Å²) in [5.74, 6) is -0.445. The molecular weight excluding hydrogens is 602 g/mol. The van der Waals surface area contributed by atoms with Crippen LogP contribution in [0.1, 0.15) is 76.8 Å². The molecule has 1 atom stereocenters. The van der Waals surface area contributed by atoms with Gasteiger partial charge in [0.25, 0.3) is 5.91 Å². The quantitative estimate of drug-likeness (QED) is 0.143.